The SMILES string of the molecule is CC(C)COC(=O)C(C)C.CCC. The van der Waals surface area contributed by atoms with Crippen molar-refractivity contribution in [2.75, 3.05) is 6.61 Å². The van der Waals surface area contributed by atoms with Gasteiger partial charge in [0.05, 0.1) is 12.5 Å². The lowest BCUT2D eigenvalue weighted by molar-refractivity contribution is -0.148. The molecule has 0 saturated carbocycles. The summed E-state index contributed by atoms with van der Waals surface area (Å²) < 4.78 is 4.93. The van der Waals surface area contributed by atoms with Crippen LogP contribution in [0.1, 0.15) is 48.0 Å². The standard InChI is InChI=1S/C8H16O2.C3H8/c1-6(2)5-10-8(9)7(3)4;1-3-2/h6-7H,5H2,1-4H3;3H2,1-2H3. The number of carbonyl (C=O) groups excluding carboxylic acids is 1. The maximum atomic E-state index is 10.8. The average Bonchev–Trinajstić information content (AvgIpc) is 2.01. The summed E-state index contributed by atoms with van der Waals surface area (Å²) in [5.74, 6) is 0.329. The summed E-state index contributed by atoms with van der Waals surface area (Å²) in [6.45, 7) is 12.5. The zero-order chi connectivity index (χ0) is 10.9. The molecular weight excluding hydrogens is 164 g/mol. The quantitative estimate of drug-likeness (QED) is 0.635. The molecule has 0 aromatic rings. The van der Waals surface area contributed by atoms with Crippen LogP contribution in [-0.2, 0) is 9.53 Å². The number of esters is 1. The van der Waals surface area contributed by atoms with Gasteiger partial charge in [-0.1, -0.05) is 48.0 Å². The molecule has 0 aliphatic carbocycles. The van der Waals surface area contributed by atoms with Gasteiger partial charge in [-0.3, -0.25) is 4.79 Å². The molecule has 0 fully saturated rings. The molecule has 0 aliphatic rings. The Bertz CT molecular complexity index is 117. The number of hydrogen-bond acceptors (Lipinski definition) is 2. The number of ether oxygens (including phenoxy) is 1. The normalized spacial score (nSPS) is 9.54. The fraction of sp³-hybridized carbons (Fsp3) is 0.909. The van der Waals surface area contributed by atoms with Crippen molar-refractivity contribution < 1.29 is 9.53 Å². The zero-order valence-corrected chi connectivity index (χ0v) is 9.89. The van der Waals surface area contributed by atoms with Gasteiger partial charge in [-0.15, -0.1) is 0 Å². The van der Waals surface area contributed by atoms with Crippen LogP contribution in [0.5, 0.6) is 0 Å². The monoisotopic (exact) mass is 188 g/mol. The Labute approximate surface area is 82.7 Å². The number of rotatable bonds is 3. The van der Waals surface area contributed by atoms with E-state index in [1.807, 2.05) is 27.7 Å². The largest absolute Gasteiger partial charge is 0.465 e. The molecule has 0 N–H and O–H groups in total. The Morgan fingerprint density at radius 2 is 1.54 bits per heavy atom. The highest BCUT2D eigenvalue weighted by molar-refractivity contribution is 5.71. The van der Waals surface area contributed by atoms with E-state index < -0.39 is 0 Å². The van der Waals surface area contributed by atoms with Crippen LogP contribution in [0, 0.1) is 11.8 Å². The van der Waals surface area contributed by atoms with E-state index in [0.29, 0.717) is 12.5 Å². The van der Waals surface area contributed by atoms with Gasteiger partial charge >= 0.3 is 5.97 Å². The van der Waals surface area contributed by atoms with Crippen molar-refractivity contribution in [2.24, 2.45) is 11.8 Å². The van der Waals surface area contributed by atoms with Crippen LogP contribution in [0.4, 0.5) is 0 Å². The van der Waals surface area contributed by atoms with Crippen LogP contribution >= 0.6 is 0 Å². The summed E-state index contributed by atoms with van der Waals surface area (Å²) in [5, 5.41) is 0. The molecule has 0 radical (unpaired) electrons. The molecule has 0 spiro atoms. The highest BCUT2D eigenvalue weighted by Gasteiger charge is 2.07. The lowest BCUT2D eigenvalue weighted by Gasteiger charge is -2.08. The average molecular weight is 188 g/mol. The highest BCUT2D eigenvalue weighted by Crippen LogP contribution is 1.99. The first kappa shape index (κ1) is 15.0. The Kier molecular flexibility index (Phi) is 11.0. The fourth-order valence-electron chi connectivity index (χ4n) is 0.415. The molecule has 0 unspecified atom stereocenters. The second-order valence-corrected chi connectivity index (χ2v) is 3.89. The molecule has 0 aliphatic heterocycles. The van der Waals surface area contributed by atoms with Gasteiger partial charge in [0, 0.05) is 0 Å². The van der Waals surface area contributed by atoms with E-state index in [4.69, 9.17) is 4.74 Å². The smallest absolute Gasteiger partial charge is 0.308 e. The predicted octanol–water partition coefficient (Wildman–Crippen LogP) is 3.26. The zero-order valence-electron chi connectivity index (χ0n) is 9.89. The van der Waals surface area contributed by atoms with Crippen molar-refractivity contribution >= 4 is 5.97 Å². The highest BCUT2D eigenvalue weighted by atomic mass is 16.5. The first-order valence-electron chi connectivity index (χ1n) is 5.12. The van der Waals surface area contributed by atoms with E-state index in [9.17, 15) is 4.79 Å². The Balaban J connectivity index is 0. The van der Waals surface area contributed by atoms with Gasteiger partial charge < -0.3 is 4.74 Å². The van der Waals surface area contributed by atoms with Crippen LogP contribution in [0.25, 0.3) is 0 Å². The van der Waals surface area contributed by atoms with E-state index in [1.54, 1.807) is 0 Å². The van der Waals surface area contributed by atoms with Crippen molar-refractivity contribution in [1.82, 2.24) is 0 Å². The molecule has 2 nitrogen and oxygen atoms in total. The molecule has 0 saturated heterocycles. The minimum Gasteiger partial charge on any atom is -0.465 e. The molecule has 0 aromatic heterocycles. The van der Waals surface area contributed by atoms with E-state index >= 15 is 0 Å². The van der Waals surface area contributed by atoms with Gasteiger partial charge in [0.15, 0.2) is 0 Å². The lowest BCUT2D eigenvalue weighted by Crippen LogP contribution is -2.14. The van der Waals surface area contributed by atoms with Crippen LogP contribution in [0.2, 0.25) is 0 Å². The van der Waals surface area contributed by atoms with E-state index in [0.717, 1.165) is 0 Å². The number of carbonyl (C=O) groups is 1. The third-order valence-corrected chi connectivity index (χ3v) is 1.03. The van der Waals surface area contributed by atoms with Gasteiger partial charge in [-0.2, -0.15) is 0 Å². The molecule has 13 heavy (non-hydrogen) atoms. The van der Waals surface area contributed by atoms with Crippen LogP contribution in [0.3, 0.4) is 0 Å². The molecule has 80 valence electrons. The summed E-state index contributed by atoms with van der Waals surface area (Å²) in [7, 11) is 0. The maximum Gasteiger partial charge on any atom is 0.308 e. The summed E-state index contributed by atoms with van der Waals surface area (Å²) in [4.78, 5) is 10.8. The molecule has 2 heteroatoms. The molecule has 0 aromatic carbocycles. The van der Waals surface area contributed by atoms with Crippen LogP contribution < -0.4 is 0 Å². The summed E-state index contributed by atoms with van der Waals surface area (Å²) in [6, 6.07) is 0. The molecular formula is C11H24O2. The molecule has 0 atom stereocenters. The summed E-state index contributed by atoms with van der Waals surface area (Å²) in [5.41, 5.74) is 0. The second-order valence-electron chi connectivity index (χ2n) is 3.89. The lowest BCUT2D eigenvalue weighted by atomic mass is 10.2. The molecule has 0 rings (SSSR count). The van der Waals surface area contributed by atoms with Crippen LogP contribution in [0.15, 0.2) is 0 Å². The second kappa shape index (κ2) is 9.56. The molecule has 0 bridgehead atoms. The van der Waals surface area contributed by atoms with E-state index in [-0.39, 0.29) is 11.9 Å². The third-order valence-electron chi connectivity index (χ3n) is 1.03. The summed E-state index contributed by atoms with van der Waals surface area (Å²) >= 11 is 0. The predicted molar refractivity (Wildman–Crippen MR) is 56.6 cm³/mol. The van der Waals surface area contributed by atoms with Gasteiger partial charge in [0.1, 0.15) is 0 Å². The number of hydrogen-bond donors (Lipinski definition) is 0. The van der Waals surface area contributed by atoms with Crippen molar-refractivity contribution in [1.29, 1.82) is 0 Å². The minimum atomic E-state index is -0.103. The van der Waals surface area contributed by atoms with Gasteiger partial charge in [-0.25, -0.2) is 0 Å². The minimum absolute atomic E-state index is 0.00116. The first-order valence-corrected chi connectivity index (χ1v) is 5.12. The van der Waals surface area contributed by atoms with Crippen molar-refractivity contribution in [2.45, 2.75) is 48.0 Å². The fourth-order valence-corrected chi connectivity index (χ4v) is 0.415. The van der Waals surface area contributed by atoms with Gasteiger partial charge in [0.25, 0.3) is 0 Å². The van der Waals surface area contributed by atoms with Gasteiger partial charge in [0.2, 0.25) is 0 Å². The Morgan fingerprint density at radius 1 is 1.15 bits per heavy atom. The van der Waals surface area contributed by atoms with E-state index in [1.165, 1.54) is 6.42 Å². The van der Waals surface area contributed by atoms with Crippen molar-refractivity contribution in [3.8, 4) is 0 Å². The van der Waals surface area contributed by atoms with E-state index in [2.05, 4.69) is 13.8 Å². The van der Waals surface area contributed by atoms with Crippen molar-refractivity contribution in [3.63, 3.8) is 0 Å². The molecule has 0 amide bonds. The molecule has 0 heterocycles. The Hall–Kier alpha value is -0.530. The van der Waals surface area contributed by atoms with Crippen molar-refractivity contribution in [3.05, 3.63) is 0 Å². The first-order chi connectivity index (χ1) is 5.95. The van der Waals surface area contributed by atoms with Gasteiger partial charge in [-0.05, 0) is 5.92 Å². The summed E-state index contributed by atoms with van der Waals surface area (Å²) in [6.07, 6.45) is 1.25. The maximum absolute atomic E-state index is 10.8. The Morgan fingerprint density at radius 3 is 1.77 bits per heavy atom. The topological polar surface area (TPSA) is 26.3 Å². The van der Waals surface area contributed by atoms with Crippen LogP contribution in [-0.4, -0.2) is 12.6 Å². The third kappa shape index (κ3) is 14.3.